The molecule has 0 saturated heterocycles. The highest BCUT2D eigenvalue weighted by Gasteiger charge is 2.06. The van der Waals surface area contributed by atoms with Crippen LogP contribution in [-0.2, 0) is 13.5 Å². The summed E-state index contributed by atoms with van der Waals surface area (Å²) in [4.78, 5) is 8.77. The molecule has 0 aliphatic heterocycles. The SMILES string of the molecule is Cn1c(CCCN)nc2cccnc21. The van der Waals surface area contributed by atoms with Crippen molar-refractivity contribution in [3.05, 3.63) is 24.2 Å². The van der Waals surface area contributed by atoms with Gasteiger partial charge in [0, 0.05) is 19.7 Å². The Labute approximate surface area is 82.8 Å². The number of fused-ring (bicyclic) bond motifs is 1. The zero-order valence-corrected chi connectivity index (χ0v) is 8.27. The fourth-order valence-corrected chi connectivity index (χ4v) is 1.55. The van der Waals surface area contributed by atoms with Gasteiger partial charge in [-0.05, 0) is 25.1 Å². The van der Waals surface area contributed by atoms with Crippen LogP contribution in [0.4, 0.5) is 0 Å². The second kappa shape index (κ2) is 3.75. The molecule has 2 rings (SSSR count). The van der Waals surface area contributed by atoms with Gasteiger partial charge in [-0.15, -0.1) is 0 Å². The molecule has 14 heavy (non-hydrogen) atoms. The Kier molecular flexibility index (Phi) is 2.45. The maximum absolute atomic E-state index is 5.47. The van der Waals surface area contributed by atoms with Crippen LogP contribution in [0.1, 0.15) is 12.2 Å². The average molecular weight is 190 g/mol. The van der Waals surface area contributed by atoms with E-state index in [-0.39, 0.29) is 0 Å². The van der Waals surface area contributed by atoms with E-state index in [1.807, 2.05) is 23.7 Å². The van der Waals surface area contributed by atoms with Crippen molar-refractivity contribution in [3.63, 3.8) is 0 Å². The number of rotatable bonds is 3. The minimum absolute atomic E-state index is 0.705. The molecule has 0 amide bonds. The zero-order chi connectivity index (χ0) is 9.97. The van der Waals surface area contributed by atoms with Crippen molar-refractivity contribution in [2.24, 2.45) is 12.8 Å². The summed E-state index contributed by atoms with van der Waals surface area (Å²) in [5, 5.41) is 0. The van der Waals surface area contributed by atoms with Gasteiger partial charge in [-0.3, -0.25) is 0 Å². The van der Waals surface area contributed by atoms with Crippen LogP contribution in [0, 0.1) is 0 Å². The molecule has 4 heteroatoms. The standard InChI is InChI=1S/C10H14N4/c1-14-9(5-2-6-11)13-8-4-3-7-12-10(8)14/h3-4,7H,2,5-6,11H2,1H3. The number of aromatic nitrogens is 3. The number of nitrogens with two attached hydrogens (primary N) is 1. The highest BCUT2D eigenvalue weighted by atomic mass is 15.1. The van der Waals surface area contributed by atoms with E-state index < -0.39 is 0 Å². The number of imidazole rings is 1. The smallest absolute Gasteiger partial charge is 0.159 e. The lowest BCUT2D eigenvalue weighted by Crippen LogP contribution is -2.04. The molecule has 0 unspecified atom stereocenters. The number of nitrogens with zero attached hydrogens (tertiary/aromatic N) is 3. The van der Waals surface area contributed by atoms with E-state index in [0.717, 1.165) is 29.8 Å². The number of aryl methyl sites for hydroxylation is 2. The van der Waals surface area contributed by atoms with Crippen LogP contribution in [0.15, 0.2) is 18.3 Å². The van der Waals surface area contributed by atoms with Crippen molar-refractivity contribution in [2.75, 3.05) is 6.54 Å². The summed E-state index contributed by atoms with van der Waals surface area (Å²) in [7, 11) is 1.99. The van der Waals surface area contributed by atoms with Gasteiger partial charge in [-0.25, -0.2) is 9.97 Å². The van der Waals surface area contributed by atoms with Crippen LogP contribution >= 0.6 is 0 Å². The predicted molar refractivity (Wildman–Crippen MR) is 55.9 cm³/mol. The molecular formula is C10H14N4. The number of hydrogen-bond acceptors (Lipinski definition) is 3. The molecule has 2 aromatic heterocycles. The summed E-state index contributed by atoms with van der Waals surface area (Å²) in [6.07, 6.45) is 3.68. The van der Waals surface area contributed by atoms with E-state index in [1.165, 1.54) is 0 Å². The van der Waals surface area contributed by atoms with E-state index in [2.05, 4.69) is 9.97 Å². The van der Waals surface area contributed by atoms with Gasteiger partial charge in [0.05, 0.1) is 0 Å². The first-order chi connectivity index (χ1) is 6.83. The van der Waals surface area contributed by atoms with Crippen molar-refractivity contribution in [1.82, 2.24) is 14.5 Å². The molecule has 0 saturated carbocycles. The highest BCUT2D eigenvalue weighted by molar-refractivity contribution is 5.70. The molecule has 2 aromatic rings. The van der Waals surface area contributed by atoms with Crippen LogP contribution in [-0.4, -0.2) is 21.1 Å². The Morgan fingerprint density at radius 1 is 1.50 bits per heavy atom. The fraction of sp³-hybridized carbons (Fsp3) is 0.400. The van der Waals surface area contributed by atoms with Crippen LogP contribution in [0.25, 0.3) is 11.2 Å². The van der Waals surface area contributed by atoms with Gasteiger partial charge >= 0.3 is 0 Å². The molecule has 0 aliphatic rings. The van der Waals surface area contributed by atoms with Crippen LogP contribution < -0.4 is 5.73 Å². The third-order valence-corrected chi connectivity index (χ3v) is 2.32. The van der Waals surface area contributed by atoms with E-state index in [0.29, 0.717) is 6.54 Å². The summed E-state index contributed by atoms with van der Waals surface area (Å²) in [5.41, 5.74) is 7.37. The van der Waals surface area contributed by atoms with Crippen LogP contribution in [0.2, 0.25) is 0 Å². The number of hydrogen-bond donors (Lipinski definition) is 1. The van der Waals surface area contributed by atoms with Gasteiger partial charge in [0.25, 0.3) is 0 Å². The van der Waals surface area contributed by atoms with Crippen molar-refractivity contribution in [3.8, 4) is 0 Å². The minimum atomic E-state index is 0.705. The van der Waals surface area contributed by atoms with E-state index >= 15 is 0 Å². The number of pyridine rings is 1. The average Bonchev–Trinajstić information content (AvgIpc) is 2.54. The summed E-state index contributed by atoms with van der Waals surface area (Å²) in [6, 6.07) is 3.89. The van der Waals surface area contributed by atoms with Gasteiger partial charge in [0.15, 0.2) is 5.65 Å². The molecule has 0 spiro atoms. The quantitative estimate of drug-likeness (QED) is 0.781. The Bertz CT molecular complexity index is 433. The monoisotopic (exact) mass is 190 g/mol. The third kappa shape index (κ3) is 1.48. The second-order valence-electron chi connectivity index (χ2n) is 3.33. The topological polar surface area (TPSA) is 56.7 Å². The van der Waals surface area contributed by atoms with Crippen molar-refractivity contribution in [2.45, 2.75) is 12.8 Å². The zero-order valence-electron chi connectivity index (χ0n) is 8.27. The van der Waals surface area contributed by atoms with Gasteiger partial charge in [-0.2, -0.15) is 0 Å². The summed E-state index contributed by atoms with van der Waals surface area (Å²) in [5.74, 6) is 1.06. The Morgan fingerprint density at radius 3 is 3.07 bits per heavy atom. The van der Waals surface area contributed by atoms with Crippen molar-refractivity contribution in [1.29, 1.82) is 0 Å². The van der Waals surface area contributed by atoms with Crippen molar-refractivity contribution >= 4 is 11.2 Å². The third-order valence-electron chi connectivity index (χ3n) is 2.32. The second-order valence-corrected chi connectivity index (χ2v) is 3.33. The predicted octanol–water partition coefficient (Wildman–Crippen LogP) is 0.860. The summed E-state index contributed by atoms with van der Waals surface area (Å²) < 4.78 is 2.03. The molecule has 4 nitrogen and oxygen atoms in total. The summed E-state index contributed by atoms with van der Waals surface area (Å²) >= 11 is 0. The van der Waals surface area contributed by atoms with Crippen LogP contribution in [0.3, 0.4) is 0 Å². The first-order valence-electron chi connectivity index (χ1n) is 4.79. The molecule has 0 aromatic carbocycles. The van der Waals surface area contributed by atoms with Crippen molar-refractivity contribution < 1.29 is 0 Å². The van der Waals surface area contributed by atoms with E-state index in [1.54, 1.807) is 6.20 Å². The molecule has 2 heterocycles. The lowest BCUT2D eigenvalue weighted by molar-refractivity contribution is 0.738. The normalized spacial score (nSPS) is 11.0. The van der Waals surface area contributed by atoms with Gasteiger partial charge in [0.2, 0.25) is 0 Å². The molecule has 2 N–H and O–H groups in total. The first-order valence-corrected chi connectivity index (χ1v) is 4.79. The maximum atomic E-state index is 5.47. The maximum Gasteiger partial charge on any atom is 0.159 e. The largest absolute Gasteiger partial charge is 0.330 e. The molecular weight excluding hydrogens is 176 g/mol. The lowest BCUT2D eigenvalue weighted by atomic mass is 10.3. The molecule has 0 fully saturated rings. The Hall–Kier alpha value is -1.42. The molecule has 0 atom stereocenters. The molecule has 0 bridgehead atoms. The van der Waals surface area contributed by atoms with E-state index in [9.17, 15) is 0 Å². The summed E-state index contributed by atoms with van der Waals surface area (Å²) in [6.45, 7) is 0.705. The minimum Gasteiger partial charge on any atom is -0.330 e. The molecule has 0 radical (unpaired) electrons. The molecule has 0 aliphatic carbocycles. The first kappa shape index (κ1) is 9.15. The molecule has 74 valence electrons. The van der Waals surface area contributed by atoms with E-state index in [4.69, 9.17) is 5.73 Å². The Balaban J connectivity index is 2.41. The van der Waals surface area contributed by atoms with Gasteiger partial charge in [0.1, 0.15) is 11.3 Å². The Morgan fingerprint density at radius 2 is 2.36 bits per heavy atom. The highest BCUT2D eigenvalue weighted by Crippen LogP contribution is 2.12. The fourth-order valence-electron chi connectivity index (χ4n) is 1.55. The van der Waals surface area contributed by atoms with Crippen LogP contribution in [0.5, 0.6) is 0 Å². The van der Waals surface area contributed by atoms with Gasteiger partial charge < -0.3 is 10.3 Å². The lowest BCUT2D eigenvalue weighted by Gasteiger charge is -1.99. The van der Waals surface area contributed by atoms with Gasteiger partial charge in [-0.1, -0.05) is 0 Å².